The fraction of sp³-hybridized carbons (Fsp3) is 0.438. The van der Waals surface area contributed by atoms with Crippen LogP contribution in [-0.2, 0) is 23.5 Å². The van der Waals surface area contributed by atoms with Crippen LogP contribution in [0.1, 0.15) is 24.1 Å². The average molecular weight is 369 g/mol. The zero-order valence-electron chi connectivity index (χ0n) is 13.7. The van der Waals surface area contributed by atoms with Gasteiger partial charge in [0.25, 0.3) is 10.0 Å². The topological polar surface area (TPSA) is 67.2 Å². The summed E-state index contributed by atoms with van der Waals surface area (Å²) < 4.78 is 29.1. The van der Waals surface area contributed by atoms with Crippen LogP contribution in [0.15, 0.2) is 35.5 Å². The molecule has 1 fully saturated rings. The molecule has 24 heavy (non-hydrogen) atoms. The van der Waals surface area contributed by atoms with Gasteiger partial charge >= 0.3 is 0 Å². The molecule has 1 N–H and O–H groups in total. The number of nitrogens with one attached hydrogen (secondary N) is 1. The summed E-state index contributed by atoms with van der Waals surface area (Å²) in [6, 6.07) is 7.84. The Kier molecular flexibility index (Phi) is 4.96. The molecule has 0 amide bonds. The second-order valence-corrected chi connectivity index (χ2v) is 8.07. The average Bonchev–Trinajstić information content (AvgIpc) is 2.94. The van der Waals surface area contributed by atoms with Crippen molar-refractivity contribution in [1.82, 2.24) is 19.4 Å². The zero-order chi connectivity index (χ0) is 17.3. The number of hydrogen-bond donors (Lipinski definition) is 1. The van der Waals surface area contributed by atoms with E-state index < -0.39 is 10.0 Å². The Labute approximate surface area is 147 Å². The Bertz CT molecular complexity index is 798. The smallest absolute Gasteiger partial charge is 0.262 e. The number of hydrogen-bond acceptors (Lipinski definition) is 4. The third-order valence-corrected chi connectivity index (χ3v) is 6.78. The van der Waals surface area contributed by atoms with E-state index in [9.17, 15) is 8.42 Å². The van der Waals surface area contributed by atoms with Crippen molar-refractivity contribution in [3.05, 3.63) is 46.6 Å². The van der Waals surface area contributed by atoms with Gasteiger partial charge in [-0.2, -0.15) is 9.40 Å². The van der Waals surface area contributed by atoms with E-state index in [4.69, 9.17) is 11.6 Å². The first-order chi connectivity index (χ1) is 11.4. The first-order valence-electron chi connectivity index (χ1n) is 7.94. The highest BCUT2D eigenvalue weighted by molar-refractivity contribution is 7.89. The molecule has 1 aliphatic heterocycles. The molecule has 0 aliphatic carbocycles. The normalized spacial score (nSPS) is 19.5. The fourth-order valence-corrected chi connectivity index (χ4v) is 5.26. The third-order valence-electron chi connectivity index (χ3n) is 4.36. The van der Waals surface area contributed by atoms with Crippen molar-refractivity contribution < 1.29 is 8.42 Å². The summed E-state index contributed by atoms with van der Waals surface area (Å²) in [5, 5.41) is 7.43. The monoisotopic (exact) mass is 368 g/mol. The van der Waals surface area contributed by atoms with Crippen LogP contribution in [0.4, 0.5) is 0 Å². The summed E-state index contributed by atoms with van der Waals surface area (Å²) >= 11 is 6.08. The lowest BCUT2D eigenvalue weighted by Gasteiger charge is -2.35. The zero-order valence-corrected chi connectivity index (χ0v) is 15.3. The van der Waals surface area contributed by atoms with Crippen LogP contribution in [0.3, 0.4) is 0 Å². The lowest BCUT2D eigenvalue weighted by atomic mass is 10.0. The van der Waals surface area contributed by atoms with Crippen molar-refractivity contribution in [3.8, 4) is 0 Å². The molecule has 1 saturated heterocycles. The second-order valence-electron chi connectivity index (χ2n) is 5.85. The lowest BCUT2D eigenvalue weighted by molar-refractivity contribution is 0.270. The number of nitrogens with zero attached hydrogens (tertiary/aromatic N) is 3. The van der Waals surface area contributed by atoms with Gasteiger partial charge in [-0.1, -0.05) is 42.8 Å². The molecular formula is C16H21ClN4O2S. The Morgan fingerprint density at radius 2 is 2.04 bits per heavy atom. The minimum atomic E-state index is -3.73. The first kappa shape index (κ1) is 17.4. The molecule has 0 radical (unpaired) electrons. The molecule has 130 valence electrons. The highest BCUT2D eigenvalue weighted by atomic mass is 35.5. The van der Waals surface area contributed by atoms with Gasteiger partial charge in [0, 0.05) is 26.7 Å². The van der Waals surface area contributed by atoms with E-state index >= 15 is 0 Å². The Morgan fingerprint density at radius 1 is 1.33 bits per heavy atom. The van der Waals surface area contributed by atoms with E-state index in [1.54, 1.807) is 7.05 Å². The summed E-state index contributed by atoms with van der Waals surface area (Å²) in [7, 11) is -2.14. The van der Waals surface area contributed by atoms with Crippen LogP contribution in [0.2, 0.25) is 5.02 Å². The molecule has 2 aromatic rings. The number of aryl methyl sites for hydroxylation is 2. The van der Waals surface area contributed by atoms with Crippen molar-refractivity contribution in [2.45, 2.75) is 24.4 Å². The standard InChI is InChI=1S/C16H21ClN4O2S/c1-3-12-4-6-13(7-5-12)15-11-18-8-9-21(15)24(22,23)16-14(17)10-19-20(16)2/h4-7,10,15,18H,3,8-9,11H2,1-2H3. The van der Waals surface area contributed by atoms with E-state index in [0.717, 1.165) is 12.0 Å². The van der Waals surface area contributed by atoms with Gasteiger partial charge in [-0.25, -0.2) is 8.42 Å². The van der Waals surface area contributed by atoms with Gasteiger partial charge in [0.2, 0.25) is 0 Å². The number of aromatic nitrogens is 2. The minimum absolute atomic E-state index is 0.0428. The van der Waals surface area contributed by atoms with E-state index in [1.807, 2.05) is 24.3 Å². The van der Waals surface area contributed by atoms with Crippen LogP contribution >= 0.6 is 11.6 Å². The van der Waals surface area contributed by atoms with Gasteiger partial charge in [0.1, 0.15) is 0 Å². The van der Waals surface area contributed by atoms with Crippen molar-refractivity contribution >= 4 is 21.6 Å². The summed E-state index contributed by atoms with van der Waals surface area (Å²) in [6.07, 6.45) is 2.32. The highest BCUT2D eigenvalue weighted by Crippen LogP contribution is 2.31. The number of rotatable bonds is 4. The lowest BCUT2D eigenvalue weighted by Crippen LogP contribution is -2.49. The van der Waals surface area contributed by atoms with E-state index in [2.05, 4.69) is 17.3 Å². The van der Waals surface area contributed by atoms with Gasteiger partial charge in [0.05, 0.1) is 17.3 Å². The molecule has 1 aromatic carbocycles. The molecule has 1 aliphatic rings. The van der Waals surface area contributed by atoms with Gasteiger partial charge in [-0.3, -0.25) is 4.68 Å². The molecule has 0 spiro atoms. The van der Waals surface area contributed by atoms with E-state index in [1.165, 1.54) is 20.7 Å². The Morgan fingerprint density at radius 3 is 2.62 bits per heavy atom. The number of halogens is 1. The second kappa shape index (κ2) is 6.84. The summed E-state index contributed by atoms with van der Waals surface area (Å²) in [6.45, 7) is 3.67. The molecule has 0 saturated carbocycles. The fourth-order valence-electron chi connectivity index (χ4n) is 3.03. The maximum absolute atomic E-state index is 13.1. The minimum Gasteiger partial charge on any atom is -0.313 e. The summed E-state index contributed by atoms with van der Waals surface area (Å²) in [4.78, 5) is 0. The van der Waals surface area contributed by atoms with Gasteiger partial charge in [0.15, 0.2) is 5.03 Å². The molecule has 3 rings (SSSR count). The molecule has 1 atom stereocenters. The quantitative estimate of drug-likeness (QED) is 0.896. The maximum atomic E-state index is 13.1. The first-order valence-corrected chi connectivity index (χ1v) is 9.76. The predicted molar refractivity (Wildman–Crippen MR) is 93.5 cm³/mol. The van der Waals surface area contributed by atoms with Crippen LogP contribution in [0.5, 0.6) is 0 Å². The summed E-state index contributed by atoms with van der Waals surface area (Å²) in [5.41, 5.74) is 2.20. The van der Waals surface area contributed by atoms with Crippen LogP contribution < -0.4 is 5.32 Å². The van der Waals surface area contributed by atoms with Gasteiger partial charge < -0.3 is 5.32 Å². The molecule has 1 unspecified atom stereocenters. The SMILES string of the molecule is CCc1ccc(C2CNCCN2S(=O)(=O)c2c(Cl)cnn2C)cc1. The van der Waals surface area contributed by atoms with Crippen LogP contribution in [-0.4, -0.2) is 42.1 Å². The highest BCUT2D eigenvalue weighted by Gasteiger charge is 2.37. The molecule has 8 heteroatoms. The van der Waals surface area contributed by atoms with Crippen molar-refractivity contribution in [2.24, 2.45) is 7.05 Å². The van der Waals surface area contributed by atoms with Gasteiger partial charge in [-0.15, -0.1) is 0 Å². The van der Waals surface area contributed by atoms with E-state index in [-0.39, 0.29) is 16.1 Å². The van der Waals surface area contributed by atoms with Crippen LogP contribution in [0.25, 0.3) is 0 Å². The Balaban J connectivity index is 2.00. The largest absolute Gasteiger partial charge is 0.313 e. The number of piperazine rings is 1. The Hall–Kier alpha value is -1.41. The molecule has 2 heterocycles. The third kappa shape index (κ3) is 3.09. The molecule has 0 bridgehead atoms. The molecule has 1 aromatic heterocycles. The van der Waals surface area contributed by atoms with Crippen LogP contribution in [0, 0.1) is 0 Å². The number of sulfonamides is 1. The number of benzene rings is 1. The molecule has 6 nitrogen and oxygen atoms in total. The van der Waals surface area contributed by atoms with Crippen molar-refractivity contribution in [2.75, 3.05) is 19.6 Å². The summed E-state index contributed by atoms with van der Waals surface area (Å²) in [5.74, 6) is 0. The maximum Gasteiger partial charge on any atom is 0.262 e. The predicted octanol–water partition coefficient (Wildman–Crippen LogP) is 1.97. The van der Waals surface area contributed by atoms with Crippen molar-refractivity contribution in [1.29, 1.82) is 0 Å². The van der Waals surface area contributed by atoms with E-state index in [0.29, 0.717) is 19.6 Å². The van der Waals surface area contributed by atoms with Gasteiger partial charge in [-0.05, 0) is 17.5 Å². The molecular weight excluding hydrogens is 348 g/mol. The van der Waals surface area contributed by atoms with Crippen molar-refractivity contribution in [3.63, 3.8) is 0 Å².